The van der Waals surface area contributed by atoms with Crippen molar-refractivity contribution in [3.05, 3.63) is 64.5 Å². The second-order valence-electron chi connectivity index (χ2n) is 5.66. The van der Waals surface area contributed by atoms with Gasteiger partial charge in [-0.1, -0.05) is 37.3 Å². The summed E-state index contributed by atoms with van der Waals surface area (Å²) in [7, 11) is 0. The predicted molar refractivity (Wildman–Crippen MR) is 94.9 cm³/mol. The van der Waals surface area contributed by atoms with Crippen LogP contribution in [0.25, 0.3) is 22.1 Å². The zero-order valence-corrected chi connectivity index (χ0v) is 14.1. The quantitative estimate of drug-likeness (QED) is 0.510. The van der Waals surface area contributed by atoms with E-state index in [-0.39, 0.29) is 11.2 Å². The Morgan fingerprint density at radius 1 is 1.16 bits per heavy atom. The number of benzene rings is 2. The van der Waals surface area contributed by atoms with Crippen LogP contribution in [0.3, 0.4) is 0 Å². The van der Waals surface area contributed by atoms with Crippen LogP contribution in [0.4, 0.5) is 4.79 Å². The molecule has 25 heavy (non-hydrogen) atoms. The summed E-state index contributed by atoms with van der Waals surface area (Å²) in [5.41, 5.74) is 2.20. The second kappa shape index (κ2) is 7.21. The van der Waals surface area contributed by atoms with Crippen molar-refractivity contribution < 1.29 is 18.7 Å². The molecule has 0 spiro atoms. The molecule has 0 radical (unpaired) electrons. The zero-order chi connectivity index (χ0) is 17.8. The highest BCUT2D eigenvalue weighted by Crippen LogP contribution is 2.26. The Labute approximate surface area is 144 Å². The fraction of sp³-hybridized carbons (Fsp3) is 0.200. The number of aryl methyl sites for hydroxylation is 1. The third kappa shape index (κ3) is 3.55. The maximum absolute atomic E-state index is 12.8. The van der Waals surface area contributed by atoms with Crippen LogP contribution in [0.5, 0.6) is 5.75 Å². The van der Waals surface area contributed by atoms with Gasteiger partial charge in [-0.15, -0.1) is 0 Å². The number of hydrogen-bond donors (Lipinski definition) is 0. The van der Waals surface area contributed by atoms with Gasteiger partial charge in [0.2, 0.25) is 5.43 Å². The molecule has 0 amide bonds. The van der Waals surface area contributed by atoms with Gasteiger partial charge in [-0.2, -0.15) is 0 Å². The average Bonchev–Trinajstić information content (AvgIpc) is 2.60. The molecule has 0 saturated heterocycles. The molecule has 1 heterocycles. The first kappa shape index (κ1) is 16.8. The SMILES string of the molecule is CCCOC(=O)Oc1cc(C)c2c(=O)c(-c3ccccc3)coc2c1. The van der Waals surface area contributed by atoms with Crippen molar-refractivity contribution in [1.29, 1.82) is 0 Å². The molecule has 0 atom stereocenters. The summed E-state index contributed by atoms with van der Waals surface area (Å²) in [4.78, 5) is 24.4. The van der Waals surface area contributed by atoms with Crippen LogP contribution in [0.15, 0.2) is 57.9 Å². The summed E-state index contributed by atoms with van der Waals surface area (Å²) in [5.74, 6) is 0.279. The third-order valence-corrected chi connectivity index (χ3v) is 3.76. The Hall–Kier alpha value is -3.08. The van der Waals surface area contributed by atoms with E-state index < -0.39 is 6.16 Å². The van der Waals surface area contributed by atoms with E-state index >= 15 is 0 Å². The van der Waals surface area contributed by atoms with Crippen LogP contribution in [-0.2, 0) is 4.74 Å². The summed E-state index contributed by atoms with van der Waals surface area (Å²) >= 11 is 0. The van der Waals surface area contributed by atoms with E-state index in [9.17, 15) is 9.59 Å². The smallest absolute Gasteiger partial charge is 0.463 e. The molecule has 5 heteroatoms. The van der Waals surface area contributed by atoms with Crippen LogP contribution < -0.4 is 10.2 Å². The number of carbonyl (C=O) groups is 1. The van der Waals surface area contributed by atoms with Gasteiger partial charge < -0.3 is 13.9 Å². The van der Waals surface area contributed by atoms with Crippen LogP contribution >= 0.6 is 0 Å². The molecule has 0 aliphatic carbocycles. The molecular formula is C20H18O5. The second-order valence-corrected chi connectivity index (χ2v) is 5.66. The van der Waals surface area contributed by atoms with E-state index in [1.54, 1.807) is 13.0 Å². The molecule has 128 valence electrons. The van der Waals surface area contributed by atoms with Crippen LogP contribution in [-0.4, -0.2) is 12.8 Å². The van der Waals surface area contributed by atoms with Gasteiger partial charge in [0.05, 0.1) is 17.6 Å². The highest BCUT2D eigenvalue weighted by molar-refractivity contribution is 5.86. The summed E-state index contributed by atoms with van der Waals surface area (Å²) in [5, 5.41) is 0.468. The monoisotopic (exact) mass is 338 g/mol. The standard InChI is InChI=1S/C20H18O5/c1-3-9-23-20(22)25-15-10-13(2)18-17(11-15)24-12-16(19(18)21)14-7-5-4-6-8-14/h4-8,10-12H,3,9H2,1-2H3. The van der Waals surface area contributed by atoms with E-state index in [2.05, 4.69) is 0 Å². The summed E-state index contributed by atoms with van der Waals surface area (Å²) in [6.07, 6.45) is 1.37. The molecule has 2 aromatic carbocycles. The molecule has 3 rings (SSSR count). The normalized spacial score (nSPS) is 10.6. The Morgan fingerprint density at radius 3 is 2.64 bits per heavy atom. The average molecular weight is 338 g/mol. The van der Waals surface area contributed by atoms with Gasteiger partial charge in [0.15, 0.2) is 0 Å². The first-order valence-corrected chi connectivity index (χ1v) is 8.06. The number of fused-ring (bicyclic) bond motifs is 1. The minimum absolute atomic E-state index is 0.120. The molecule has 0 unspecified atom stereocenters. The number of carbonyl (C=O) groups excluding carboxylic acids is 1. The van der Waals surface area contributed by atoms with Crippen molar-refractivity contribution in [2.24, 2.45) is 0 Å². The minimum atomic E-state index is -0.774. The molecule has 0 aliphatic heterocycles. The van der Waals surface area contributed by atoms with Crippen molar-refractivity contribution in [3.8, 4) is 16.9 Å². The highest BCUT2D eigenvalue weighted by Gasteiger charge is 2.14. The molecule has 5 nitrogen and oxygen atoms in total. The lowest BCUT2D eigenvalue weighted by molar-refractivity contribution is 0.0992. The van der Waals surface area contributed by atoms with Gasteiger partial charge in [-0.3, -0.25) is 4.79 Å². The van der Waals surface area contributed by atoms with E-state index in [0.29, 0.717) is 35.1 Å². The maximum Gasteiger partial charge on any atom is 0.513 e. The lowest BCUT2D eigenvalue weighted by Gasteiger charge is -2.09. The molecule has 0 aliphatic rings. The summed E-state index contributed by atoms with van der Waals surface area (Å²) in [6, 6.07) is 12.5. The van der Waals surface area contributed by atoms with Crippen molar-refractivity contribution in [2.45, 2.75) is 20.3 Å². The molecule has 1 aromatic heterocycles. The first-order chi connectivity index (χ1) is 12.1. The fourth-order valence-electron chi connectivity index (χ4n) is 2.60. The van der Waals surface area contributed by atoms with Gasteiger partial charge in [-0.05, 0) is 30.5 Å². The van der Waals surface area contributed by atoms with Crippen molar-refractivity contribution >= 4 is 17.1 Å². The van der Waals surface area contributed by atoms with Crippen molar-refractivity contribution in [1.82, 2.24) is 0 Å². The minimum Gasteiger partial charge on any atom is -0.463 e. The lowest BCUT2D eigenvalue weighted by atomic mass is 10.0. The van der Waals surface area contributed by atoms with Gasteiger partial charge in [0.25, 0.3) is 0 Å². The summed E-state index contributed by atoms with van der Waals surface area (Å²) < 4.78 is 15.7. The molecule has 0 fully saturated rings. The largest absolute Gasteiger partial charge is 0.513 e. The topological polar surface area (TPSA) is 65.7 Å². The van der Waals surface area contributed by atoms with Crippen molar-refractivity contribution in [2.75, 3.05) is 6.61 Å². The van der Waals surface area contributed by atoms with Crippen molar-refractivity contribution in [3.63, 3.8) is 0 Å². The fourth-order valence-corrected chi connectivity index (χ4v) is 2.60. The van der Waals surface area contributed by atoms with Crippen LogP contribution in [0.2, 0.25) is 0 Å². The van der Waals surface area contributed by atoms with E-state index in [4.69, 9.17) is 13.9 Å². The Balaban J connectivity index is 2.01. The van der Waals surface area contributed by atoms with E-state index in [1.807, 2.05) is 37.3 Å². The molecule has 0 N–H and O–H groups in total. The van der Waals surface area contributed by atoms with Gasteiger partial charge >= 0.3 is 6.16 Å². The first-order valence-electron chi connectivity index (χ1n) is 8.06. The molecule has 0 saturated carbocycles. The molecular weight excluding hydrogens is 320 g/mol. The van der Waals surface area contributed by atoms with E-state index in [0.717, 1.165) is 5.56 Å². The van der Waals surface area contributed by atoms with Gasteiger partial charge in [0.1, 0.15) is 17.6 Å². The third-order valence-electron chi connectivity index (χ3n) is 3.76. The Kier molecular flexibility index (Phi) is 4.84. The molecule has 3 aromatic rings. The zero-order valence-electron chi connectivity index (χ0n) is 14.1. The number of rotatable bonds is 4. The van der Waals surface area contributed by atoms with Crippen LogP contribution in [0, 0.1) is 6.92 Å². The predicted octanol–water partition coefficient (Wildman–Crippen LogP) is 4.69. The number of hydrogen-bond acceptors (Lipinski definition) is 5. The maximum atomic E-state index is 12.8. The lowest BCUT2D eigenvalue weighted by Crippen LogP contribution is -2.12. The molecule has 0 bridgehead atoms. The van der Waals surface area contributed by atoms with Crippen LogP contribution in [0.1, 0.15) is 18.9 Å². The number of ether oxygens (including phenoxy) is 2. The highest BCUT2D eigenvalue weighted by atomic mass is 16.7. The van der Waals surface area contributed by atoms with E-state index in [1.165, 1.54) is 12.3 Å². The summed E-state index contributed by atoms with van der Waals surface area (Å²) in [6.45, 7) is 3.96. The van der Waals surface area contributed by atoms with Gasteiger partial charge in [-0.25, -0.2) is 4.79 Å². The van der Waals surface area contributed by atoms with Gasteiger partial charge in [0, 0.05) is 6.07 Å². The Morgan fingerprint density at radius 2 is 1.92 bits per heavy atom. The Bertz CT molecular complexity index is 957.